The van der Waals surface area contributed by atoms with Gasteiger partial charge in [0, 0.05) is 18.7 Å². The summed E-state index contributed by atoms with van der Waals surface area (Å²) in [6.07, 6.45) is 0.591. The normalized spacial score (nSPS) is 15.7. The summed E-state index contributed by atoms with van der Waals surface area (Å²) in [4.78, 5) is 36.6. The summed E-state index contributed by atoms with van der Waals surface area (Å²) in [6.45, 7) is 10.1. The molecule has 28 heavy (non-hydrogen) atoms. The number of hydrogen-bond acceptors (Lipinski definition) is 5. The fourth-order valence-electron chi connectivity index (χ4n) is 3.31. The van der Waals surface area contributed by atoms with E-state index in [1.165, 1.54) is 0 Å². The third-order valence-electron chi connectivity index (χ3n) is 4.97. The van der Waals surface area contributed by atoms with Gasteiger partial charge in [0.1, 0.15) is 6.04 Å². The molecule has 150 valence electrons. The number of benzene rings is 1. The molecule has 7 heteroatoms. The molecule has 1 aliphatic heterocycles. The van der Waals surface area contributed by atoms with E-state index in [0.29, 0.717) is 43.8 Å². The number of aryl methyl sites for hydroxylation is 2. The number of fused-ring (bicyclic) bond motifs is 1. The molecule has 2 amide bonds. The molecule has 0 bridgehead atoms. The zero-order valence-corrected chi connectivity index (χ0v) is 17.0. The second-order valence-electron chi connectivity index (χ2n) is 7.69. The zero-order chi connectivity index (χ0) is 20.3. The van der Waals surface area contributed by atoms with Crippen LogP contribution in [0.25, 0.3) is 11.0 Å². The van der Waals surface area contributed by atoms with E-state index in [1.54, 1.807) is 23.1 Å². The van der Waals surface area contributed by atoms with Crippen molar-refractivity contribution in [3.8, 4) is 0 Å². The molecule has 0 unspecified atom stereocenters. The molecular formula is C21H28N4O3. The topological polar surface area (TPSA) is 84.4 Å². The minimum absolute atomic E-state index is 0.0441. The zero-order valence-electron chi connectivity index (χ0n) is 17.0. The van der Waals surface area contributed by atoms with Crippen molar-refractivity contribution in [2.75, 3.05) is 26.3 Å². The fourth-order valence-corrected chi connectivity index (χ4v) is 3.31. The maximum absolute atomic E-state index is 12.9. The Hall–Kier alpha value is -2.54. The van der Waals surface area contributed by atoms with Crippen LogP contribution in [0.5, 0.6) is 0 Å². The molecule has 1 aromatic carbocycles. The lowest BCUT2D eigenvalue weighted by Crippen LogP contribution is -2.52. The van der Waals surface area contributed by atoms with Crippen LogP contribution in [0.2, 0.25) is 0 Å². The molecule has 1 aromatic heterocycles. The number of hydrogen-bond donors (Lipinski definition) is 1. The molecule has 1 aliphatic rings. The van der Waals surface area contributed by atoms with E-state index in [0.717, 1.165) is 16.9 Å². The van der Waals surface area contributed by atoms with E-state index < -0.39 is 6.04 Å². The van der Waals surface area contributed by atoms with Crippen LogP contribution in [0.4, 0.5) is 0 Å². The summed E-state index contributed by atoms with van der Waals surface area (Å²) in [5.41, 5.74) is 3.62. The van der Waals surface area contributed by atoms with E-state index >= 15 is 0 Å². The third kappa shape index (κ3) is 4.65. The first-order chi connectivity index (χ1) is 13.3. The predicted octanol–water partition coefficient (Wildman–Crippen LogP) is 2.25. The second kappa shape index (κ2) is 8.65. The monoisotopic (exact) mass is 384 g/mol. The minimum Gasteiger partial charge on any atom is -0.378 e. The molecular weight excluding hydrogens is 356 g/mol. The van der Waals surface area contributed by atoms with Crippen LogP contribution in [0, 0.1) is 19.8 Å². The van der Waals surface area contributed by atoms with Gasteiger partial charge in [-0.3, -0.25) is 9.59 Å². The summed E-state index contributed by atoms with van der Waals surface area (Å²) >= 11 is 0. The van der Waals surface area contributed by atoms with Gasteiger partial charge in [0.05, 0.1) is 35.6 Å². The molecule has 0 saturated carbocycles. The Balaban J connectivity index is 1.79. The fraction of sp³-hybridized carbons (Fsp3) is 0.524. The SMILES string of the molecule is Cc1nc2ccc(C(=O)N[C@@H](CC(C)C)C(=O)N3CCOCC3)cc2nc1C. The van der Waals surface area contributed by atoms with Crippen LogP contribution in [0.1, 0.15) is 42.0 Å². The highest BCUT2D eigenvalue weighted by Crippen LogP contribution is 2.16. The molecule has 1 fully saturated rings. The van der Waals surface area contributed by atoms with Gasteiger partial charge in [-0.15, -0.1) is 0 Å². The lowest BCUT2D eigenvalue weighted by molar-refractivity contribution is -0.137. The molecule has 7 nitrogen and oxygen atoms in total. The lowest BCUT2D eigenvalue weighted by atomic mass is 10.0. The number of carbonyl (C=O) groups excluding carboxylic acids is 2. The largest absolute Gasteiger partial charge is 0.378 e. The number of aromatic nitrogens is 2. The van der Waals surface area contributed by atoms with Gasteiger partial charge < -0.3 is 15.0 Å². The van der Waals surface area contributed by atoms with Crippen molar-refractivity contribution in [3.05, 3.63) is 35.2 Å². The van der Waals surface area contributed by atoms with Crippen molar-refractivity contribution in [1.82, 2.24) is 20.2 Å². The molecule has 2 heterocycles. The molecule has 2 aromatic rings. The van der Waals surface area contributed by atoms with E-state index in [2.05, 4.69) is 15.3 Å². The number of carbonyl (C=O) groups is 2. The smallest absolute Gasteiger partial charge is 0.252 e. The second-order valence-corrected chi connectivity index (χ2v) is 7.69. The van der Waals surface area contributed by atoms with E-state index in [1.807, 2.05) is 27.7 Å². The van der Waals surface area contributed by atoms with Gasteiger partial charge in [0.2, 0.25) is 5.91 Å². The average molecular weight is 384 g/mol. The van der Waals surface area contributed by atoms with Gasteiger partial charge >= 0.3 is 0 Å². The quantitative estimate of drug-likeness (QED) is 0.855. The van der Waals surface area contributed by atoms with E-state index in [-0.39, 0.29) is 17.7 Å². The molecule has 3 rings (SSSR count). The maximum atomic E-state index is 12.9. The van der Waals surface area contributed by atoms with Crippen LogP contribution in [0.3, 0.4) is 0 Å². The Labute approximate surface area is 165 Å². The molecule has 1 saturated heterocycles. The summed E-state index contributed by atoms with van der Waals surface area (Å²) in [5, 5.41) is 2.93. The van der Waals surface area contributed by atoms with Gasteiger partial charge in [-0.2, -0.15) is 0 Å². The number of nitrogens with one attached hydrogen (secondary N) is 1. The number of morpholine rings is 1. The van der Waals surface area contributed by atoms with Gasteiger partial charge in [0.25, 0.3) is 5.91 Å². The van der Waals surface area contributed by atoms with Crippen molar-refractivity contribution in [3.63, 3.8) is 0 Å². The average Bonchev–Trinajstić information content (AvgIpc) is 2.67. The van der Waals surface area contributed by atoms with Gasteiger partial charge in [-0.25, -0.2) is 9.97 Å². The van der Waals surface area contributed by atoms with Crippen LogP contribution in [0.15, 0.2) is 18.2 Å². The summed E-state index contributed by atoms with van der Waals surface area (Å²) < 4.78 is 5.33. The third-order valence-corrected chi connectivity index (χ3v) is 4.97. The van der Waals surface area contributed by atoms with Crippen LogP contribution >= 0.6 is 0 Å². The molecule has 0 radical (unpaired) electrons. The Morgan fingerprint density at radius 1 is 1.11 bits per heavy atom. The van der Waals surface area contributed by atoms with Crippen LogP contribution in [-0.4, -0.2) is 59.0 Å². The van der Waals surface area contributed by atoms with Gasteiger partial charge in [-0.1, -0.05) is 13.8 Å². The number of nitrogens with zero attached hydrogens (tertiary/aromatic N) is 3. The summed E-state index contributed by atoms with van der Waals surface area (Å²) in [5.74, 6) is -0.0324. The Morgan fingerprint density at radius 3 is 2.39 bits per heavy atom. The summed E-state index contributed by atoms with van der Waals surface area (Å²) in [7, 11) is 0. The van der Waals surface area contributed by atoms with Crippen molar-refractivity contribution >= 4 is 22.8 Å². The molecule has 0 spiro atoms. The minimum atomic E-state index is -0.549. The Kier molecular flexibility index (Phi) is 6.24. The molecule has 1 N–H and O–H groups in total. The van der Waals surface area contributed by atoms with Crippen molar-refractivity contribution in [1.29, 1.82) is 0 Å². The highest BCUT2D eigenvalue weighted by atomic mass is 16.5. The Bertz CT molecular complexity index is 875. The van der Waals surface area contributed by atoms with Crippen molar-refractivity contribution in [2.24, 2.45) is 5.92 Å². The van der Waals surface area contributed by atoms with Gasteiger partial charge in [-0.05, 0) is 44.4 Å². The first-order valence-electron chi connectivity index (χ1n) is 9.77. The van der Waals surface area contributed by atoms with E-state index in [4.69, 9.17) is 4.74 Å². The number of rotatable bonds is 5. The highest BCUT2D eigenvalue weighted by molar-refractivity contribution is 5.99. The Morgan fingerprint density at radius 2 is 1.75 bits per heavy atom. The lowest BCUT2D eigenvalue weighted by Gasteiger charge is -2.31. The predicted molar refractivity (Wildman–Crippen MR) is 107 cm³/mol. The van der Waals surface area contributed by atoms with Crippen molar-refractivity contribution < 1.29 is 14.3 Å². The first-order valence-corrected chi connectivity index (χ1v) is 9.77. The number of amides is 2. The van der Waals surface area contributed by atoms with Crippen LogP contribution in [-0.2, 0) is 9.53 Å². The van der Waals surface area contributed by atoms with E-state index in [9.17, 15) is 9.59 Å². The standard InChI is InChI=1S/C21H28N4O3/c1-13(2)11-19(21(27)25-7-9-28-10-8-25)24-20(26)16-5-6-17-18(12-16)23-15(4)14(3)22-17/h5-6,12-13,19H,7-11H2,1-4H3,(H,24,26)/t19-/m0/s1. The molecule has 0 aliphatic carbocycles. The van der Waals surface area contributed by atoms with Crippen molar-refractivity contribution in [2.45, 2.75) is 40.2 Å². The maximum Gasteiger partial charge on any atom is 0.252 e. The van der Waals surface area contributed by atoms with Gasteiger partial charge in [0.15, 0.2) is 0 Å². The molecule has 1 atom stereocenters. The number of ether oxygens (including phenoxy) is 1. The van der Waals surface area contributed by atoms with Crippen LogP contribution < -0.4 is 5.32 Å². The summed E-state index contributed by atoms with van der Waals surface area (Å²) in [6, 6.07) is 4.71. The first kappa shape index (κ1) is 20.2. The highest BCUT2D eigenvalue weighted by Gasteiger charge is 2.28.